The molecule has 1 aromatic carbocycles. The minimum Gasteiger partial charge on any atom is -0.339 e. The molecule has 0 spiro atoms. The first-order chi connectivity index (χ1) is 13.1. The fourth-order valence-electron chi connectivity index (χ4n) is 2.92. The first-order valence-corrected chi connectivity index (χ1v) is 10.3. The van der Waals surface area contributed by atoms with Crippen molar-refractivity contribution in [3.63, 3.8) is 0 Å². The molecule has 11 heteroatoms. The molecule has 28 heavy (non-hydrogen) atoms. The first-order valence-electron chi connectivity index (χ1n) is 8.88. The van der Waals surface area contributed by atoms with Gasteiger partial charge in [-0.2, -0.15) is 9.29 Å². The molecule has 1 fully saturated rings. The molecular weight excluding hydrogens is 386 g/mol. The highest BCUT2D eigenvalue weighted by atomic mass is 32.2. The minimum absolute atomic E-state index is 0.234. The van der Waals surface area contributed by atoms with Gasteiger partial charge in [0.25, 0.3) is 5.69 Å². The molecule has 1 saturated heterocycles. The summed E-state index contributed by atoms with van der Waals surface area (Å²) in [5, 5.41) is 15.2. The molecule has 0 saturated carbocycles. The largest absolute Gasteiger partial charge is 0.339 e. The average molecular weight is 409 g/mol. The number of nitrogens with zero attached hydrogens (tertiary/aromatic N) is 5. The topological polar surface area (TPSA) is 123 Å². The first kappa shape index (κ1) is 20.4. The maximum absolute atomic E-state index is 12.9. The Balaban J connectivity index is 1.67. The molecule has 0 bridgehead atoms. The van der Waals surface area contributed by atoms with Crippen molar-refractivity contribution in [3.05, 3.63) is 46.1 Å². The molecule has 1 aliphatic heterocycles. The molecule has 0 radical (unpaired) electrons. The summed E-state index contributed by atoms with van der Waals surface area (Å²) < 4.78 is 32.3. The fraction of sp³-hybridized carbons (Fsp3) is 0.529. The number of benzene rings is 1. The Labute approximate surface area is 163 Å². The van der Waals surface area contributed by atoms with Crippen LogP contribution in [-0.2, 0) is 22.0 Å². The van der Waals surface area contributed by atoms with Crippen molar-refractivity contribution < 1.29 is 17.9 Å². The number of para-hydroxylation sites is 1. The second-order valence-electron chi connectivity index (χ2n) is 7.67. The monoisotopic (exact) mass is 409 g/mol. The van der Waals surface area contributed by atoms with Gasteiger partial charge in [-0.05, 0) is 6.07 Å². The summed E-state index contributed by atoms with van der Waals surface area (Å²) in [7, 11) is -3.93. The summed E-state index contributed by atoms with van der Waals surface area (Å²) in [4.78, 5) is 16.6. The van der Waals surface area contributed by atoms with Crippen molar-refractivity contribution in [2.75, 3.05) is 26.2 Å². The number of hydrogen-bond donors (Lipinski definition) is 0. The van der Waals surface area contributed by atoms with Gasteiger partial charge in [0.05, 0.1) is 11.5 Å². The quantitative estimate of drug-likeness (QED) is 0.541. The highest BCUT2D eigenvalue weighted by molar-refractivity contribution is 7.89. The van der Waals surface area contributed by atoms with E-state index in [-0.39, 0.29) is 23.4 Å². The highest BCUT2D eigenvalue weighted by Crippen LogP contribution is 2.27. The van der Waals surface area contributed by atoms with Crippen molar-refractivity contribution in [2.45, 2.75) is 37.6 Å². The summed E-state index contributed by atoms with van der Waals surface area (Å²) >= 11 is 0. The third-order valence-electron chi connectivity index (χ3n) is 4.49. The average Bonchev–Trinajstić information content (AvgIpc) is 3.11. The van der Waals surface area contributed by atoms with Crippen molar-refractivity contribution >= 4 is 15.7 Å². The van der Waals surface area contributed by atoms with Gasteiger partial charge in [0.1, 0.15) is 0 Å². The Hall–Kier alpha value is -2.37. The standard InChI is InChI=1S/C17H23N5O5S/c1-17(2,3)16-18-15(19-27-16)12-20-8-10-21(11-9-20)28(25,26)14-7-5-4-6-13(14)22(23)24/h4-7H,8-12H2,1-3H3. The Kier molecular flexibility index (Phi) is 5.50. The maximum Gasteiger partial charge on any atom is 0.289 e. The number of sulfonamides is 1. The van der Waals surface area contributed by atoms with Gasteiger partial charge < -0.3 is 4.52 Å². The van der Waals surface area contributed by atoms with E-state index in [1.54, 1.807) is 0 Å². The molecule has 2 heterocycles. The Morgan fingerprint density at radius 1 is 1.18 bits per heavy atom. The molecule has 152 valence electrons. The molecule has 1 aromatic heterocycles. The summed E-state index contributed by atoms with van der Waals surface area (Å²) in [5.74, 6) is 1.11. The predicted octanol–water partition coefficient (Wildman–Crippen LogP) is 1.78. The van der Waals surface area contributed by atoms with Crippen LogP contribution >= 0.6 is 0 Å². The van der Waals surface area contributed by atoms with E-state index in [1.165, 1.54) is 28.6 Å². The third-order valence-corrected chi connectivity index (χ3v) is 6.43. The Bertz CT molecular complexity index is 958. The van der Waals surface area contributed by atoms with Gasteiger partial charge >= 0.3 is 0 Å². The summed E-state index contributed by atoms with van der Waals surface area (Å²) in [6, 6.07) is 5.41. The number of hydrogen-bond acceptors (Lipinski definition) is 8. The molecule has 1 aliphatic rings. The molecule has 0 N–H and O–H groups in total. The van der Waals surface area contributed by atoms with E-state index in [0.29, 0.717) is 31.3 Å². The molecule has 2 aromatic rings. The lowest BCUT2D eigenvalue weighted by Gasteiger charge is -2.33. The van der Waals surface area contributed by atoms with Gasteiger partial charge in [-0.15, -0.1) is 0 Å². The van der Waals surface area contributed by atoms with Gasteiger partial charge in [-0.1, -0.05) is 38.1 Å². The van der Waals surface area contributed by atoms with Crippen LogP contribution in [0.5, 0.6) is 0 Å². The van der Waals surface area contributed by atoms with Gasteiger partial charge in [-0.25, -0.2) is 8.42 Å². The summed E-state index contributed by atoms with van der Waals surface area (Å²) in [6.07, 6.45) is 0. The van der Waals surface area contributed by atoms with Crippen LogP contribution < -0.4 is 0 Å². The van der Waals surface area contributed by atoms with E-state index in [0.717, 1.165) is 0 Å². The van der Waals surface area contributed by atoms with E-state index in [2.05, 4.69) is 10.1 Å². The van der Waals surface area contributed by atoms with Crippen LogP contribution in [0.4, 0.5) is 5.69 Å². The molecule has 3 rings (SSSR count). The number of rotatable bonds is 5. The van der Waals surface area contributed by atoms with Gasteiger partial charge in [0.15, 0.2) is 10.7 Å². The third kappa shape index (κ3) is 4.21. The Morgan fingerprint density at radius 3 is 2.39 bits per heavy atom. The van der Waals surface area contributed by atoms with E-state index in [9.17, 15) is 18.5 Å². The van der Waals surface area contributed by atoms with E-state index < -0.39 is 20.6 Å². The summed E-state index contributed by atoms with van der Waals surface area (Å²) in [6.45, 7) is 7.82. The lowest BCUT2D eigenvalue weighted by atomic mass is 9.97. The van der Waals surface area contributed by atoms with Crippen LogP contribution in [0.2, 0.25) is 0 Å². The van der Waals surface area contributed by atoms with E-state index >= 15 is 0 Å². The lowest BCUT2D eigenvalue weighted by molar-refractivity contribution is -0.387. The fourth-order valence-corrected chi connectivity index (χ4v) is 4.50. The normalized spacial score (nSPS) is 17.0. The van der Waals surface area contributed by atoms with E-state index in [4.69, 9.17) is 4.52 Å². The molecule has 10 nitrogen and oxygen atoms in total. The number of piperazine rings is 1. The predicted molar refractivity (Wildman–Crippen MR) is 100 cm³/mol. The van der Waals surface area contributed by atoms with Crippen LogP contribution in [0, 0.1) is 10.1 Å². The van der Waals surface area contributed by atoms with Crippen LogP contribution in [0.15, 0.2) is 33.7 Å². The lowest BCUT2D eigenvalue weighted by Crippen LogP contribution is -2.48. The van der Waals surface area contributed by atoms with Crippen LogP contribution in [0.3, 0.4) is 0 Å². The second kappa shape index (κ2) is 7.57. The zero-order valence-electron chi connectivity index (χ0n) is 16.0. The minimum atomic E-state index is -3.93. The Morgan fingerprint density at radius 2 is 1.82 bits per heavy atom. The van der Waals surface area contributed by atoms with Gasteiger partial charge in [-0.3, -0.25) is 15.0 Å². The van der Waals surface area contributed by atoms with Gasteiger partial charge in [0, 0.05) is 37.7 Å². The molecule has 0 amide bonds. The van der Waals surface area contributed by atoms with Crippen molar-refractivity contribution in [2.24, 2.45) is 0 Å². The zero-order valence-corrected chi connectivity index (χ0v) is 16.8. The van der Waals surface area contributed by atoms with Crippen LogP contribution in [0.25, 0.3) is 0 Å². The van der Waals surface area contributed by atoms with Crippen LogP contribution in [0.1, 0.15) is 32.5 Å². The molecule has 0 atom stereocenters. The SMILES string of the molecule is CC(C)(C)c1nc(CN2CCN(S(=O)(=O)c3ccccc3[N+](=O)[O-])CC2)no1. The number of nitro groups is 1. The van der Waals surface area contributed by atoms with Gasteiger partial charge in [0.2, 0.25) is 15.9 Å². The van der Waals surface area contributed by atoms with E-state index in [1.807, 2.05) is 25.7 Å². The highest BCUT2D eigenvalue weighted by Gasteiger charge is 2.33. The molecule has 0 unspecified atom stereocenters. The number of aromatic nitrogens is 2. The molecular formula is C17H23N5O5S. The van der Waals surface area contributed by atoms with Crippen molar-refractivity contribution in [3.8, 4) is 0 Å². The molecule has 0 aliphatic carbocycles. The second-order valence-corrected chi connectivity index (χ2v) is 9.58. The maximum atomic E-state index is 12.9. The van der Waals surface area contributed by atoms with Crippen molar-refractivity contribution in [1.29, 1.82) is 0 Å². The van der Waals surface area contributed by atoms with Crippen molar-refractivity contribution in [1.82, 2.24) is 19.3 Å². The van der Waals surface area contributed by atoms with Crippen LogP contribution in [-0.4, -0.2) is 58.9 Å². The zero-order chi connectivity index (χ0) is 20.5. The summed E-state index contributed by atoms with van der Waals surface area (Å²) in [5.41, 5.74) is -0.644. The smallest absolute Gasteiger partial charge is 0.289 e. The number of nitro benzene ring substituents is 1.